The summed E-state index contributed by atoms with van der Waals surface area (Å²) in [6.45, 7) is 7.46. The second-order valence-electron chi connectivity index (χ2n) is 4.20. The van der Waals surface area contributed by atoms with Crippen molar-refractivity contribution in [2.24, 2.45) is 0 Å². The Labute approximate surface area is 92.0 Å². The van der Waals surface area contributed by atoms with E-state index in [0.717, 1.165) is 45.5 Å². The first-order valence-corrected chi connectivity index (χ1v) is 5.84. The van der Waals surface area contributed by atoms with Gasteiger partial charge in [-0.25, -0.2) is 4.79 Å². The van der Waals surface area contributed by atoms with Crippen LogP contribution in [0.3, 0.4) is 0 Å². The molecule has 0 unspecified atom stereocenters. The maximum Gasteiger partial charge on any atom is 0.317 e. The summed E-state index contributed by atoms with van der Waals surface area (Å²) in [7, 11) is 0. The number of nitrogens with one attached hydrogen (secondary N) is 1. The van der Waals surface area contributed by atoms with Crippen LogP contribution in [0.2, 0.25) is 0 Å². The molecule has 88 valence electrons. The molecule has 1 N–H and O–H groups in total. The van der Waals surface area contributed by atoms with E-state index in [1.807, 2.05) is 18.7 Å². The van der Waals surface area contributed by atoms with Crippen molar-refractivity contribution in [3.8, 4) is 0 Å². The van der Waals surface area contributed by atoms with Crippen LogP contribution in [-0.2, 0) is 4.74 Å². The van der Waals surface area contributed by atoms with Crippen molar-refractivity contribution in [1.82, 2.24) is 10.2 Å². The minimum atomic E-state index is 0.0889. The first-order chi connectivity index (χ1) is 7.20. The van der Waals surface area contributed by atoms with Crippen molar-refractivity contribution in [1.29, 1.82) is 0 Å². The van der Waals surface area contributed by atoms with E-state index in [1.54, 1.807) is 0 Å². The van der Waals surface area contributed by atoms with Crippen LogP contribution in [0, 0.1) is 0 Å². The largest absolute Gasteiger partial charge is 0.379 e. The molecule has 2 amide bonds. The predicted octanol–water partition coefficient (Wildman–Crippen LogP) is 1.61. The summed E-state index contributed by atoms with van der Waals surface area (Å²) in [4.78, 5) is 13.2. The summed E-state index contributed by atoms with van der Waals surface area (Å²) < 4.78 is 5.44. The predicted molar refractivity (Wildman–Crippen MR) is 59.9 cm³/mol. The molecular weight excluding hydrogens is 192 g/mol. The first-order valence-electron chi connectivity index (χ1n) is 5.84. The van der Waals surface area contributed by atoms with Gasteiger partial charge in [0, 0.05) is 26.2 Å². The fraction of sp³-hybridized carbons (Fsp3) is 0.909. The standard InChI is InChI=1S/C11H22N2O2/c1-10(2)15-9-4-3-7-13-8-5-6-12-11(13)14/h10H,3-9H2,1-2H3,(H,12,14). The van der Waals surface area contributed by atoms with Crippen LogP contribution in [-0.4, -0.2) is 43.3 Å². The lowest BCUT2D eigenvalue weighted by atomic mass is 10.2. The molecule has 0 aromatic rings. The van der Waals surface area contributed by atoms with Crippen molar-refractivity contribution < 1.29 is 9.53 Å². The summed E-state index contributed by atoms with van der Waals surface area (Å²) in [5, 5.41) is 2.85. The smallest absolute Gasteiger partial charge is 0.317 e. The van der Waals surface area contributed by atoms with E-state index in [-0.39, 0.29) is 6.03 Å². The molecule has 15 heavy (non-hydrogen) atoms. The second-order valence-corrected chi connectivity index (χ2v) is 4.20. The molecule has 1 aliphatic rings. The Bertz CT molecular complexity index is 195. The zero-order valence-electron chi connectivity index (χ0n) is 9.79. The molecule has 0 aromatic heterocycles. The molecule has 0 aliphatic carbocycles. The Morgan fingerprint density at radius 1 is 1.47 bits per heavy atom. The van der Waals surface area contributed by atoms with Gasteiger partial charge in [-0.3, -0.25) is 0 Å². The Morgan fingerprint density at radius 3 is 2.93 bits per heavy atom. The van der Waals surface area contributed by atoms with Crippen LogP contribution < -0.4 is 5.32 Å². The number of unbranched alkanes of at least 4 members (excludes halogenated alkanes) is 1. The van der Waals surface area contributed by atoms with Gasteiger partial charge in [0.15, 0.2) is 0 Å². The van der Waals surface area contributed by atoms with E-state index in [1.165, 1.54) is 0 Å². The van der Waals surface area contributed by atoms with E-state index in [4.69, 9.17) is 4.74 Å². The van der Waals surface area contributed by atoms with E-state index in [0.29, 0.717) is 6.10 Å². The second kappa shape index (κ2) is 6.67. The molecule has 0 atom stereocenters. The number of carbonyl (C=O) groups excluding carboxylic acids is 1. The molecule has 0 radical (unpaired) electrons. The van der Waals surface area contributed by atoms with Crippen LogP contribution in [0.1, 0.15) is 33.1 Å². The van der Waals surface area contributed by atoms with Gasteiger partial charge in [-0.15, -0.1) is 0 Å². The molecule has 1 heterocycles. The number of hydrogen-bond acceptors (Lipinski definition) is 2. The Balaban J connectivity index is 2.01. The molecular formula is C11H22N2O2. The third-order valence-corrected chi connectivity index (χ3v) is 2.44. The third-order valence-electron chi connectivity index (χ3n) is 2.44. The fourth-order valence-electron chi connectivity index (χ4n) is 1.62. The van der Waals surface area contributed by atoms with E-state index >= 15 is 0 Å². The van der Waals surface area contributed by atoms with Gasteiger partial charge >= 0.3 is 6.03 Å². The average molecular weight is 214 g/mol. The van der Waals surface area contributed by atoms with E-state index < -0.39 is 0 Å². The minimum absolute atomic E-state index is 0.0889. The molecule has 1 aliphatic heterocycles. The molecule has 1 saturated heterocycles. The third kappa shape index (κ3) is 5.02. The SMILES string of the molecule is CC(C)OCCCCN1CCCNC1=O. The summed E-state index contributed by atoms with van der Waals surface area (Å²) in [5.74, 6) is 0. The number of rotatable bonds is 6. The number of urea groups is 1. The normalized spacial score (nSPS) is 17.0. The molecule has 1 rings (SSSR count). The van der Waals surface area contributed by atoms with Crippen molar-refractivity contribution in [3.05, 3.63) is 0 Å². The Kier molecular flexibility index (Phi) is 5.47. The lowest BCUT2D eigenvalue weighted by Gasteiger charge is -2.27. The molecule has 0 saturated carbocycles. The summed E-state index contributed by atoms with van der Waals surface area (Å²) in [6.07, 6.45) is 3.43. The highest BCUT2D eigenvalue weighted by atomic mass is 16.5. The average Bonchev–Trinajstić information content (AvgIpc) is 2.20. The monoisotopic (exact) mass is 214 g/mol. The highest BCUT2D eigenvalue weighted by Crippen LogP contribution is 2.02. The number of ether oxygens (including phenoxy) is 1. The topological polar surface area (TPSA) is 41.6 Å². The van der Waals surface area contributed by atoms with Crippen LogP contribution in [0.25, 0.3) is 0 Å². The van der Waals surface area contributed by atoms with Gasteiger partial charge in [0.25, 0.3) is 0 Å². The zero-order chi connectivity index (χ0) is 11.1. The molecule has 4 nitrogen and oxygen atoms in total. The van der Waals surface area contributed by atoms with Crippen molar-refractivity contribution in [2.75, 3.05) is 26.2 Å². The maximum absolute atomic E-state index is 11.3. The lowest BCUT2D eigenvalue weighted by molar-refractivity contribution is 0.0744. The summed E-state index contributed by atoms with van der Waals surface area (Å²) in [6, 6.07) is 0.0889. The van der Waals surface area contributed by atoms with Crippen LogP contribution in [0.15, 0.2) is 0 Å². The highest BCUT2D eigenvalue weighted by molar-refractivity contribution is 5.74. The summed E-state index contributed by atoms with van der Waals surface area (Å²) >= 11 is 0. The van der Waals surface area contributed by atoms with Crippen LogP contribution in [0.4, 0.5) is 4.79 Å². The molecule has 0 aromatic carbocycles. The Hall–Kier alpha value is -0.770. The number of hydrogen-bond donors (Lipinski definition) is 1. The molecule has 0 spiro atoms. The minimum Gasteiger partial charge on any atom is -0.379 e. The lowest BCUT2D eigenvalue weighted by Crippen LogP contribution is -2.46. The van der Waals surface area contributed by atoms with E-state index in [2.05, 4.69) is 5.32 Å². The quantitative estimate of drug-likeness (QED) is 0.682. The van der Waals surface area contributed by atoms with Gasteiger partial charge in [0.05, 0.1) is 6.10 Å². The Morgan fingerprint density at radius 2 is 2.27 bits per heavy atom. The van der Waals surface area contributed by atoms with Crippen molar-refractivity contribution >= 4 is 6.03 Å². The molecule has 0 bridgehead atoms. The van der Waals surface area contributed by atoms with Gasteiger partial charge < -0.3 is 15.0 Å². The molecule has 4 heteroatoms. The molecule has 1 fully saturated rings. The van der Waals surface area contributed by atoms with Gasteiger partial charge in [-0.2, -0.15) is 0 Å². The van der Waals surface area contributed by atoms with Crippen molar-refractivity contribution in [3.63, 3.8) is 0 Å². The van der Waals surface area contributed by atoms with Gasteiger partial charge in [0.1, 0.15) is 0 Å². The van der Waals surface area contributed by atoms with Crippen molar-refractivity contribution in [2.45, 2.75) is 39.2 Å². The van der Waals surface area contributed by atoms with Gasteiger partial charge in [-0.1, -0.05) is 0 Å². The maximum atomic E-state index is 11.3. The zero-order valence-corrected chi connectivity index (χ0v) is 9.79. The number of carbonyl (C=O) groups is 1. The highest BCUT2D eigenvalue weighted by Gasteiger charge is 2.15. The van der Waals surface area contributed by atoms with Gasteiger partial charge in [-0.05, 0) is 33.1 Å². The first kappa shape index (κ1) is 12.3. The van der Waals surface area contributed by atoms with E-state index in [9.17, 15) is 4.79 Å². The summed E-state index contributed by atoms with van der Waals surface area (Å²) in [5.41, 5.74) is 0. The number of amides is 2. The van der Waals surface area contributed by atoms with Crippen LogP contribution in [0.5, 0.6) is 0 Å². The van der Waals surface area contributed by atoms with Crippen LogP contribution >= 0.6 is 0 Å². The number of nitrogens with zero attached hydrogens (tertiary/aromatic N) is 1. The fourth-order valence-corrected chi connectivity index (χ4v) is 1.62. The van der Waals surface area contributed by atoms with Gasteiger partial charge in [0.2, 0.25) is 0 Å².